The highest BCUT2D eigenvalue weighted by atomic mass is 16.5. The largest absolute Gasteiger partial charge is 0.382 e. The minimum Gasteiger partial charge on any atom is -0.382 e. The van der Waals surface area contributed by atoms with Crippen molar-refractivity contribution in [2.45, 2.75) is 32.1 Å². The molecule has 3 rings (SSSR count). The summed E-state index contributed by atoms with van der Waals surface area (Å²) in [6.07, 6.45) is 9.25. The molecule has 2 N–H and O–H groups in total. The maximum Gasteiger partial charge on any atom is 0.167 e. The Labute approximate surface area is 105 Å². The zero-order valence-corrected chi connectivity index (χ0v) is 10.2. The summed E-state index contributed by atoms with van der Waals surface area (Å²) >= 11 is 0. The third-order valence-electron chi connectivity index (χ3n) is 3.12. The third-order valence-corrected chi connectivity index (χ3v) is 3.12. The fourth-order valence-electron chi connectivity index (χ4n) is 2.14. The van der Waals surface area contributed by atoms with Crippen LogP contribution < -0.4 is 5.73 Å². The topological polar surface area (TPSA) is 78.9 Å². The van der Waals surface area contributed by atoms with Crippen LogP contribution in [-0.2, 0) is 4.74 Å². The van der Waals surface area contributed by atoms with Gasteiger partial charge in [-0.25, -0.2) is 15.0 Å². The van der Waals surface area contributed by atoms with Crippen molar-refractivity contribution >= 4 is 17.0 Å². The molecule has 0 fully saturated rings. The zero-order valence-electron chi connectivity index (χ0n) is 10.2. The van der Waals surface area contributed by atoms with Crippen molar-refractivity contribution in [2.75, 3.05) is 5.73 Å². The predicted octanol–water partition coefficient (Wildman–Crippen LogP) is 1.66. The van der Waals surface area contributed by atoms with E-state index in [9.17, 15) is 0 Å². The van der Waals surface area contributed by atoms with E-state index < -0.39 is 0 Å². The number of hydrogen-bond donors (Lipinski definition) is 1. The Morgan fingerprint density at radius 3 is 3.17 bits per heavy atom. The van der Waals surface area contributed by atoms with Gasteiger partial charge in [-0.15, -0.1) is 0 Å². The molecule has 6 nitrogen and oxygen atoms in total. The maximum absolute atomic E-state index is 5.96. The van der Waals surface area contributed by atoms with Crippen molar-refractivity contribution in [3.05, 3.63) is 24.8 Å². The zero-order chi connectivity index (χ0) is 12.5. The molecule has 1 aliphatic rings. The Balaban J connectivity index is 2.00. The highest BCUT2D eigenvalue weighted by Gasteiger charge is 2.21. The van der Waals surface area contributed by atoms with Gasteiger partial charge in [0.05, 0.1) is 12.4 Å². The van der Waals surface area contributed by atoms with E-state index in [1.807, 2.05) is 4.57 Å². The number of anilines is 1. The Morgan fingerprint density at radius 2 is 2.33 bits per heavy atom. The van der Waals surface area contributed by atoms with E-state index in [4.69, 9.17) is 10.5 Å². The summed E-state index contributed by atoms with van der Waals surface area (Å²) in [5.41, 5.74) is 7.12. The van der Waals surface area contributed by atoms with Crippen LogP contribution in [0, 0.1) is 0 Å². The predicted molar refractivity (Wildman–Crippen MR) is 67.7 cm³/mol. The Morgan fingerprint density at radius 1 is 1.44 bits per heavy atom. The molecule has 0 aromatic carbocycles. The van der Waals surface area contributed by atoms with E-state index in [1.54, 1.807) is 6.33 Å². The first-order valence-electron chi connectivity index (χ1n) is 6.04. The lowest BCUT2D eigenvalue weighted by molar-refractivity contribution is -0.0379. The van der Waals surface area contributed by atoms with Gasteiger partial charge in [-0.1, -0.05) is 19.1 Å². The molecule has 3 heterocycles. The van der Waals surface area contributed by atoms with Gasteiger partial charge in [0.15, 0.2) is 11.5 Å². The van der Waals surface area contributed by atoms with Gasteiger partial charge in [-0.2, -0.15) is 0 Å². The van der Waals surface area contributed by atoms with E-state index in [-0.39, 0.29) is 12.3 Å². The maximum atomic E-state index is 5.96. The molecule has 1 aliphatic heterocycles. The standard InChI is InChI=1S/C12H15N5O/c1-2-8-4-3-5-9(18-8)17-7-16-10-11(13)14-6-15-12(10)17/h3-4,6-9H,2,5H2,1H3,(H2,13,14,15)/t8-,9+/m1/s1. The summed E-state index contributed by atoms with van der Waals surface area (Å²) in [4.78, 5) is 12.4. The number of nitrogens with two attached hydrogens (primary N) is 1. The molecule has 0 radical (unpaired) electrons. The molecule has 2 aromatic rings. The number of aromatic nitrogens is 4. The van der Waals surface area contributed by atoms with Crippen LogP contribution in [0.15, 0.2) is 24.8 Å². The molecule has 0 unspecified atom stereocenters. The minimum atomic E-state index is -0.0701. The summed E-state index contributed by atoms with van der Waals surface area (Å²) in [6, 6.07) is 0. The molecule has 0 aliphatic carbocycles. The van der Waals surface area contributed by atoms with Gasteiger partial charge in [0.1, 0.15) is 18.1 Å². The van der Waals surface area contributed by atoms with Gasteiger partial charge in [0.25, 0.3) is 0 Å². The van der Waals surface area contributed by atoms with Gasteiger partial charge >= 0.3 is 0 Å². The summed E-state index contributed by atoms with van der Waals surface area (Å²) < 4.78 is 7.88. The molecule has 2 aromatic heterocycles. The number of hydrogen-bond acceptors (Lipinski definition) is 5. The summed E-state index contributed by atoms with van der Waals surface area (Å²) in [5.74, 6) is 0.400. The number of nitrogen functional groups attached to an aromatic ring is 1. The minimum absolute atomic E-state index is 0.0701. The fraction of sp³-hybridized carbons (Fsp3) is 0.417. The van der Waals surface area contributed by atoms with Crippen LogP contribution >= 0.6 is 0 Å². The molecule has 0 amide bonds. The van der Waals surface area contributed by atoms with E-state index in [2.05, 4.69) is 34.0 Å². The second-order valence-corrected chi connectivity index (χ2v) is 4.28. The van der Waals surface area contributed by atoms with Crippen LogP contribution in [0.1, 0.15) is 26.0 Å². The van der Waals surface area contributed by atoms with E-state index >= 15 is 0 Å². The Hall–Kier alpha value is -1.95. The van der Waals surface area contributed by atoms with Crippen LogP contribution in [0.3, 0.4) is 0 Å². The molecule has 18 heavy (non-hydrogen) atoms. The van der Waals surface area contributed by atoms with E-state index in [1.165, 1.54) is 6.33 Å². The monoisotopic (exact) mass is 245 g/mol. The fourth-order valence-corrected chi connectivity index (χ4v) is 2.14. The lowest BCUT2D eigenvalue weighted by atomic mass is 10.2. The molecule has 0 spiro atoms. The van der Waals surface area contributed by atoms with E-state index in [0.29, 0.717) is 11.3 Å². The number of rotatable bonds is 2. The third kappa shape index (κ3) is 1.74. The second kappa shape index (κ2) is 4.38. The molecule has 2 atom stereocenters. The van der Waals surface area contributed by atoms with Gasteiger partial charge in [0.2, 0.25) is 0 Å². The van der Waals surface area contributed by atoms with Gasteiger partial charge in [-0.3, -0.25) is 4.57 Å². The molecule has 0 saturated heterocycles. The number of ether oxygens (including phenoxy) is 1. The van der Waals surface area contributed by atoms with Crippen LogP contribution in [0.25, 0.3) is 11.2 Å². The van der Waals surface area contributed by atoms with Crippen LogP contribution in [0.5, 0.6) is 0 Å². The van der Waals surface area contributed by atoms with Crippen molar-refractivity contribution < 1.29 is 4.74 Å². The SMILES string of the molecule is CC[C@@H]1C=CC[C@@H](n2cnc3c(N)ncnc32)O1. The molecular weight excluding hydrogens is 230 g/mol. The quantitative estimate of drug-likeness (QED) is 0.814. The molecule has 94 valence electrons. The van der Waals surface area contributed by atoms with Crippen molar-refractivity contribution in [3.63, 3.8) is 0 Å². The molecular formula is C12H15N5O. The number of imidazole rings is 1. The Kier molecular flexibility index (Phi) is 2.71. The molecule has 6 heteroatoms. The van der Waals surface area contributed by atoms with Crippen molar-refractivity contribution in [1.29, 1.82) is 0 Å². The Bertz CT molecular complexity index is 591. The number of nitrogens with zero attached hydrogens (tertiary/aromatic N) is 4. The summed E-state index contributed by atoms with van der Waals surface area (Å²) in [5, 5.41) is 0. The average molecular weight is 245 g/mol. The lowest BCUT2D eigenvalue weighted by Crippen LogP contribution is -2.22. The highest BCUT2D eigenvalue weighted by Crippen LogP contribution is 2.26. The molecule has 0 saturated carbocycles. The van der Waals surface area contributed by atoms with Gasteiger partial charge in [-0.05, 0) is 6.42 Å². The van der Waals surface area contributed by atoms with E-state index in [0.717, 1.165) is 18.5 Å². The lowest BCUT2D eigenvalue weighted by Gasteiger charge is -2.26. The summed E-state index contributed by atoms with van der Waals surface area (Å²) in [7, 11) is 0. The highest BCUT2D eigenvalue weighted by molar-refractivity contribution is 5.81. The second-order valence-electron chi connectivity index (χ2n) is 4.28. The summed E-state index contributed by atoms with van der Waals surface area (Å²) in [6.45, 7) is 2.10. The molecule has 0 bridgehead atoms. The van der Waals surface area contributed by atoms with Crippen LogP contribution in [0.2, 0.25) is 0 Å². The van der Waals surface area contributed by atoms with Crippen molar-refractivity contribution in [1.82, 2.24) is 19.5 Å². The normalized spacial score (nSPS) is 23.6. The first-order chi connectivity index (χ1) is 8.79. The van der Waals surface area contributed by atoms with Gasteiger partial charge in [0, 0.05) is 6.42 Å². The van der Waals surface area contributed by atoms with Crippen LogP contribution in [0.4, 0.5) is 5.82 Å². The smallest absolute Gasteiger partial charge is 0.167 e. The first-order valence-corrected chi connectivity index (χ1v) is 6.04. The van der Waals surface area contributed by atoms with Crippen molar-refractivity contribution in [3.8, 4) is 0 Å². The number of fused-ring (bicyclic) bond motifs is 1. The average Bonchev–Trinajstić information content (AvgIpc) is 2.84. The first kappa shape index (κ1) is 11.2. The van der Waals surface area contributed by atoms with Crippen LogP contribution in [-0.4, -0.2) is 25.6 Å². The van der Waals surface area contributed by atoms with Crippen molar-refractivity contribution in [2.24, 2.45) is 0 Å². The van der Waals surface area contributed by atoms with Gasteiger partial charge < -0.3 is 10.5 Å².